The van der Waals surface area contributed by atoms with E-state index in [1.165, 1.54) is 6.07 Å². The highest BCUT2D eigenvalue weighted by atomic mass is 16.4. The molecule has 1 aliphatic heterocycles. The summed E-state index contributed by atoms with van der Waals surface area (Å²) in [7, 11) is 0. The second kappa shape index (κ2) is 8.16. The Balaban J connectivity index is 1.59. The molecule has 1 saturated heterocycles. The Morgan fingerprint density at radius 1 is 1.11 bits per heavy atom. The lowest BCUT2D eigenvalue weighted by Gasteiger charge is -2.34. The van der Waals surface area contributed by atoms with Crippen LogP contribution in [0.2, 0.25) is 0 Å². The highest BCUT2D eigenvalue weighted by Crippen LogP contribution is 2.19. The summed E-state index contributed by atoms with van der Waals surface area (Å²) in [5, 5.41) is 12.1. The number of piperazine rings is 1. The number of nitrogens with one attached hydrogen (secondary N) is 1. The molecule has 148 valence electrons. The van der Waals surface area contributed by atoms with E-state index in [-0.39, 0.29) is 29.0 Å². The van der Waals surface area contributed by atoms with Crippen LogP contribution in [0.4, 0.5) is 10.5 Å². The molecule has 1 aromatic carbocycles. The van der Waals surface area contributed by atoms with Crippen molar-refractivity contribution in [1.29, 1.82) is 0 Å². The molecule has 8 nitrogen and oxygen atoms in total. The minimum atomic E-state index is -1.11. The second-order valence-electron chi connectivity index (χ2n) is 6.69. The number of rotatable bonds is 4. The molecular weight excluding hydrogens is 362 g/mol. The van der Waals surface area contributed by atoms with Gasteiger partial charge in [-0.2, -0.15) is 0 Å². The molecule has 28 heavy (non-hydrogen) atoms. The first-order chi connectivity index (χ1) is 13.4. The van der Waals surface area contributed by atoms with Crippen LogP contribution in [0.15, 0.2) is 34.7 Å². The largest absolute Gasteiger partial charge is 0.478 e. The predicted octanol–water partition coefficient (Wildman–Crippen LogP) is 2.84. The predicted molar refractivity (Wildman–Crippen MR) is 103 cm³/mol. The third-order valence-corrected chi connectivity index (χ3v) is 4.69. The van der Waals surface area contributed by atoms with Crippen molar-refractivity contribution in [1.82, 2.24) is 9.80 Å². The van der Waals surface area contributed by atoms with Crippen molar-refractivity contribution in [3.8, 4) is 0 Å². The number of hydrogen-bond acceptors (Lipinski definition) is 4. The molecule has 2 heterocycles. The van der Waals surface area contributed by atoms with Crippen molar-refractivity contribution in [2.45, 2.75) is 20.3 Å². The molecule has 2 aromatic rings. The lowest BCUT2D eigenvalue weighted by molar-refractivity contribution is 0.0637. The number of furan rings is 1. The fourth-order valence-corrected chi connectivity index (χ4v) is 3.17. The van der Waals surface area contributed by atoms with E-state index in [1.807, 2.05) is 31.2 Å². The van der Waals surface area contributed by atoms with Crippen LogP contribution in [-0.2, 0) is 6.42 Å². The van der Waals surface area contributed by atoms with E-state index in [2.05, 4.69) is 5.32 Å². The van der Waals surface area contributed by atoms with Crippen molar-refractivity contribution in [2.75, 3.05) is 31.5 Å². The van der Waals surface area contributed by atoms with Crippen LogP contribution in [0.25, 0.3) is 0 Å². The van der Waals surface area contributed by atoms with Gasteiger partial charge in [-0.25, -0.2) is 9.59 Å². The van der Waals surface area contributed by atoms with Crippen molar-refractivity contribution in [2.24, 2.45) is 0 Å². The van der Waals surface area contributed by atoms with Crippen molar-refractivity contribution < 1.29 is 23.9 Å². The van der Waals surface area contributed by atoms with Crippen LogP contribution < -0.4 is 5.32 Å². The van der Waals surface area contributed by atoms with Gasteiger partial charge in [0.25, 0.3) is 5.91 Å². The van der Waals surface area contributed by atoms with Crippen molar-refractivity contribution in [3.63, 3.8) is 0 Å². The van der Waals surface area contributed by atoms with E-state index >= 15 is 0 Å². The van der Waals surface area contributed by atoms with Gasteiger partial charge in [0.05, 0.1) is 0 Å². The van der Waals surface area contributed by atoms with Gasteiger partial charge in [0.2, 0.25) is 0 Å². The number of carbonyl (C=O) groups excluding carboxylic acids is 2. The van der Waals surface area contributed by atoms with Crippen LogP contribution in [-0.4, -0.2) is 59.0 Å². The lowest BCUT2D eigenvalue weighted by Crippen LogP contribution is -2.51. The average molecular weight is 385 g/mol. The van der Waals surface area contributed by atoms with E-state index in [4.69, 9.17) is 4.42 Å². The first kappa shape index (κ1) is 19.5. The first-order valence-electron chi connectivity index (χ1n) is 9.17. The quantitative estimate of drug-likeness (QED) is 0.842. The van der Waals surface area contributed by atoms with Gasteiger partial charge in [-0.1, -0.05) is 19.1 Å². The monoisotopic (exact) mass is 385 g/mol. The zero-order valence-corrected chi connectivity index (χ0v) is 15.9. The number of benzene rings is 1. The van der Waals surface area contributed by atoms with Crippen LogP contribution >= 0.6 is 0 Å². The fourth-order valence-electron chi connectivity index (χ4n) is 3.17. The van der Waals surface area contributed by atoms with Crippen LogP contribution in [0.3, 0.4) is 0 Å². The number of anilines is 1. The maximum absolute atomic E-state index is 12.6. The van der Waals surface area contributed by atoms with E-state index in [9.17, 15) is 19.5 Å². The van der Waals surface area contributed by atoms with Crippen LogP contribution in [0.5, 0.6) is 0 Å². The standard InChI is InChI=1S/C20H23N3O5/c1-3-16-15(19(25)26)12-17(28-16)18(24)22-7-9-23(10-8-22)20(27)21-14-6-4-5-13(2)11-14/h4-6,11-12H,3,7-10H2,1-2H3,(H,21,27)(H,25,26). The Labute approximate surface area is 162 Å². The van der Waals surface area contributed by atoms with E-state index in [1.54, 1.807) is 16.7 Å². The molecule has 1 aliphatic rings. The Hall–Kier alpha value is -3.29. The summed E-state index contributed by atoms with van der Waals surface area (Å²) < 4.78 is 5.44. The number of aromatic carboxylic acids is 1. The molecule has 2 N–H and O–H groups in total. The normalized spacial score (nSPS) is 14.1. The molecule has 0 bridgehead atoms. The number of carbonyl (C=O) groups is 3. The van der Waals surface area contributed by atoms with Gasteiger partial charge in [-0.05, 0) is 24.6 Å². The maximum atomic E-state index is 12.6. The maximum Gasteiger partial charge on any atom is 0.339 e. The molecule has 1 aromatic heterocycles. The average Bonchev–Trinajstić information content (AvgIpc) is 3.12. The number of amides is 3. The molecule has 0 radical (unpaired) electrons. The Bertz CT molecular complexity index is 897. The van der Waals surface area contributed by atoms with E-state index in [0.717, 1.165) is 11.3 Å². The molecule has 3 rings (SSSR count). The summed E-state index contributed by atoms with van der Waals surface area (Å²) in [5.74, 6) is -1.17. The summed E-state index contributed by atoms with van der Waals surface area (Å²) in [4.78, 5) is 39.5. The molecule has 0 saturated carbocycles. The number of nitrogens with zero attached hydrogens (tertiary/aromatic N) is 2. The number of hydrogen-bond donors (Lipinski definition) is 2. The minimum Gasteiger partial charge on any atom is -0.478 e. The van der Waals surface area contributed by atoms with E-state index < -0.39 is 5.97 Å². The minimum absolute atomic E-state index is 0.0158. The number of aryl methyl sites for hydroxylation is 2. The zero-order chi connectivity index (χ0) is 20.3. The molecular formula is C20H23N3O5. The van der Waals surface area contributed by atoms with Gasteiger partial charge in [-0.3, -0.25) is 4.79 Å². The molecule has 0 aliphatic carbocycles. The fraction of sp³-hybridized carbons (Fsp3) is 0.350. The summed E-state index contributed by atoms with van der Waals surface area (Å²) in [6, 6.07) is 8.61. The summed E-state index contributed by atoms with van der Waals surface area (Å²) in [6.45, 7) is 5.20. The van der Waals surface area contributed by atoms with Gasteiger partial charge < -0.3 is 24.6 Å². The lowest BCUT2D eigenvalue weighted by atomic mass is 10.2. The molecule has 0 atom stereocenters. The highest BCUT2D eigenvalue weighted by Gasteiger charge is 2.28. The van der Waals surface area contributed by atoms with Crippen LogP contribution in [0, 0.1) is 6.92 Å². The first-order valence-corrected chi connectivity index (χ1v) is 9.17. The van der Waals surface area contributed by atoms with Gasteiger partial charge in [-0.15, -0.1) is 0 Å². The Morgan fingerprint density at radius 2 is 1.79 bits per heavy atom. The summed E-state index contributed by atoms with van der Waals surface area (Å²) >= 11 is 0. The highest BCUT2D eigenvalue weighted by molar-refractivity contribution is 5.96. The second-order valence-corrected chi connectivity index (χ2v) is 6.69. The summed E-state index contributed by atoms with van der Waals surface area (Å²) in [6.07, 6.45) is 0.391. The third-order valence-electron chi connectivity index (χ3n) is 4.69. The van der Waals surface area contributed by atoms with Crippen molar-refractivity contribution in [3.05, 3.63) is 53.0 Å². The Morgan fingerprint density at radius 3 is 2.36 bits per heavy atom. The molecule has 8 heteroatoms. The number of carboxylic acid groups (broad SMARTS) is 1. The number of carboxylic acids is 1. The molecule has 0 unspecified atom stereocenters. The Kier molecular flexibility index (Phi) is 5.67. The van der Waals surface area contributed by atoms with Crippen LogP contribution in [0.1, 0.15) is 39.2 Å². The smallest absolute Gasteiger partial charge is 0.339 e. The van der Waals surface area contributed by atoms with Gasteiger partial charge in [0.15, 0.2) is 5.76 Å². The SMILES string of the molecule is CCc1oc(C(=O)N2CCN(C(=O)Nc3cccc(C)c3)CC2)cc1C(=O)O. The zero-order valence-electron chi connectivity index (χ0n) is 15.9. The molecule has 3 amide bonds. The van der Waals surface area contributed by atoms with Gasteiger partial charge in [0, 0.05) is 44.4 Å². The molecule has 1 fully saturated rings. The van der Waals surface area contributed by atoms with Crippen molar-refractivity contribution >= 4 is 23.6 Å². The topological polar surface area (TPSA) is 103 Å². The van der Waals surface area contributed by atoms with E-state index in [0.29, 0.717) is 32.6 Å². The van der Waals surface area contributed by atoms with Gasteiger partial charge >= 0.3 is 12.0 Å². The summed E-state index contributed by atoms with van der Waals surface area (Å²) in [5.41, 5.74) is 1.80. The number of urea groups is 1. The van der Waals surface area contributed by atoms with Gasteiger partial charge in [0.1, 0.15) is 11.3 Å². The molecule has 0 spiro atoms. The third kappa shape index (κ3) is 4.16.